The summed E-state index contributed by atoms with van der Waals surface area (Å²) in [5, 5.41) is 9.31. The van der Waals surface area contributed by atoms with E-state index in [4.69, 9.17) is 9.47 Å². The molecule has 0 spiro atoms. The lowest BCUT2D eigenvalue weighted by atomic mass is 10.1. The van der Waals surface area contributed by atoms with Crippen molar-refractivity contribution in [3.63, 3.8) is 0 Å². The van der Waals surface area contributed by atoms with Crippen LogP contribution >= 0.6 is 0 Å². The van der Waals surface area contributed by atoms with Crippen molar-refractivity contribution in [2.24, 2.45) is 5.92 Å². The third kappa shape index (κ3) is 4.82. The van der Waals surface area contributed by atoms with Crippen molar-refractivity contribution in [2.45, 2.75) is 25.6 Å². The largest absolute Gasteiger partial charge is 0.497 e. The Bertz CT molecular complexity index is 694. The Kier molecular flexibility index (Phi) is 6.05. The first-order valence-electron chi connectivity index (χ1n) is 8.66. The second-order valence-electron chi connectivity index (χ2n) is 6.49. The van der Waals surface area contributed by atoms with Crippen LogP contribution in [-0.2, 0) is 17.9 Å². The quantitative estimate of drug-likeness (QED) is 0.774. The molecule has 0 N–H and O–H groups in total. The lowest BCUT2D eigenvalue weighted by Crippen LogP contribution is -2.32. The van der Waals surface area contributed by atoms with Gasteiger partial charge in [0.15, 0.2) is 0 Å². The normalized spacial score (nSPS) is 20.3. The molecule has 0 aromatic heterocycles. The highest BCUT2D eigenvalue weighted by atomic mass is 16.5. The summed E-state index contributed by atoms with van der Waals surface area (Å²) in [6, 6.07) is 21.0. The number of likely N-dealkylation sites (tertiary alicyclic amines) is 1. The van der Waals surface area contributed by atoms with Crippen molar-refractivity contribution in [3.8, 4) is 11.8 Å². The molecule has 1 fully saturated rings. The van der Waals surface area contributed by atoms with E-state index < -0.39 is 0 Å². The molecule has 1 aliphatic heterocycles. The van der Waals surface area contributed by atoms with Crippen LogP contribution in [0, 0.1) is 17.2 Å². The van der Waals surface area contributed by atoms with Crippen LogP contribution in [-0.4, -0.2) is 31.2 Å². The highest BCUT2D eigenvalue weighted by Crippen LogP contribution is 2.26. The first-order valence-corrected chi connectivity index (χ1v) is 8.66. The number of rotatable bonds is 7. The Morgan fingerprint density at radius 3 is 2.52 bits per heavy atom. The number of benzene rings is 2. The lowest BCUT2D eigenvalue weighted by Gasteiger charge is -2.24. The minimum absolute atomic E-state index is 0.0866. The smallest absolute Gasteiger partial charge is 0.118 e. The van der Waals surface area contributed by atoms with E-state index in [-0.39, 0.29) is 12.0 Å². The Labute approximate surface area is 149 Å². The second-order valence-corrected chi connectivity index (χ2v) is 6.49. The molecule has 0 aliphatic carbocycles. The first-order chi connectivity index (χ1) is 12.3. The van der Waals surface area contributed by atoms with E-state index in [1.165, 1.54) is 11.1 Å². The monoisotopic (exact) mass is 336 g/mol. The molecular formula is C21H24N2O2. The molecular weight excluding hydrogens is 312 g/mol. The Morgan fingerprint density at radius 1 is 1.08 bits per heavy atom. The van der Waals surface area contributed by atoms with Gasteiger partial charge < -0.3 is 9.47 Å². The van der Waals surface area contributed by atoms with Gasteiger partial charge in [0, 0.05) is 19.1 Å². The average molecular weight is 336 g/mol. The summed E-state index contributed by atoms with van der Waals surface area (Å²) in [6.07, 6.45) is 0.876. The molecule has 3 rings (SSSR count). The van der Waals surface area contributed by atoms with Crippen molar-refractivity contribution in [1.82, 2.24) is 4.90 Å². The van der Waals surface area contributed by atoms with Gasteiger partial charge in [0.1, 0.15) is 5.75 Å². The number of nitriles is 1. The minimum atomic E-state index is 0.0866. The molecule has 2 aromatic rings. The molecule has 4 nitrogen and oxygen atoms in total. The van der Waals surface area contributed by atoms with Crippen molar-refractivity contribution < 1.29 is 9.47 Å². The number of hydrogen-bond donors (Lipinski definition) is 0. The Balaban J connectivity index is 1.57. The van der Waals surface area contributed by atoms with Gasteiger partial charge in [0.2, 0.25) is 0 Å². The van der Waals surface area contributed by atoms with Gasteiger partial charge in [-0.25, -0.2) is 0 Å². The van der Waals surface area contributed by atoms with Crippen LogP contribution in [0.5, 0.6) is 5.75 Å². The van der Waals surface area contributed by atoms with E-state index in [2.05, 4.69) is 35.2 Å². The van der Waals surface area contributed by atoms with Crippen LogP contribution in [0.4, 0.5) is 0 Å². The average Bonchev–Trinajstić information content (AvgIpc) is 3.05. The van der Waals surface area contributed by atoms with Crippen molar-refractivity contribution in [3.05, 3.63) is 65.7 Å². The zero-order valence-corrected chi connectivity index (χ0v) is 14.6. The van der Waals surface area contributed by atoms with Gasteiger partial charge in [0.25, 0.3) is 0 Å². The van der Waals surface area contributed by atoms with E-state index in [1.54, 1.807) is 7.11 Å². The fraction of sp³-hybridized carbons (Fsp3) is 0.381. The van der Waals surface area contributed by atoms with Crippen molar-refractivity contribution in [1.29, 1.82) is 5.26 Å². The number of nitrogens with zero attached hydrogens (tertiary/aromatic N) is 2. The maximum atomic E-state index is 9.31. The molecule has 1 saturated heterocycles. The fourth-order valence-electron chi connectivity index (χ4n) is 3.30. The van der Waals surface area contributed by atoms with E-state index >= 15 is 0 Å². The molecule has 2 atom stereocenters. The third-order valence-corrected chi connectivity index (χ3v) is 4.68. The fourth-order valence-corrected chi connectivity index (χ4v) is 3.30. The van der Waals surface area contributed by atoms with E-state index in [1.807, 2.05) is 30.3 Å². The van der Waals surface area contributed by atoms with Gasteiger partial charge in [-0.15, -0.1) is 0 Å². The molecule has 0 radical (unpaired) electrons. The standard InChI is InChI=1S/C21H24N2O2/c1-24-21-9-7-17(8-10-21)13-23-14-19(12-22)11-20(23)16-25-15-18-5-3-2-4-6-18/h2-10,19-20H,11,13-16H2,1H3/t19-,20+/m1/s1. The molecule has 130 valence electrons. The molecule has 1 aliphatic rings. The minimum Gasteiger partial charge on any atom is -0.497 e. The summed E-state index contributed by atoms with van der Waals surface area (Å²) in [7, 11) is 1.67. The maximum absolute atomic E-state index is 9.31. The van der Waals surface area contributed by atoms with Gasteiger partial charge in [0.05, 0.1) is 32.3 Å². The highest BCUT2D eigenvalue weighted by molar-refractivity contribution is 5.27. The van der Waals surface area contributed by atoms with Crippen LogP contribution < -0.4 is 4.74 Å². The van der Waals surface area contributed by atoms with E-state index in [9.17, 15) is 5.26 Å². The number of ether oxygens (including phenoxy) is 2. The van der Waals surface area contributed by atoms with E-state index in [0.717, 1.165) is 25.3 Å². The van der Waals surface area contributed by atoms with Crippen LogP contribution in [0.3, 0.4) is 0 Å². The summed E-state index contributed by atoms with van der Waals surface area (Å²) in [4.78, 5) is 2.36. The third-order valence-electron chi connectivity index (χ3n) is 4.68. The van der Waals surface area contributed by atoms with Gasteiger partial charge >= 0.3 is 0 Å². The van der Waals surface area contributed by atoms with Crippen LogP contribution in [0.15, 0.2) is 54.6 Å². The summed E-state index contributed by atoms with van der Waals surface area (Å²) >= 11 is 0. The van der Waals surface area contributed by atoms with Crippen molar-refractivity contribution >= 4 is 0 Å². The van der Waals surface area contributed by atoms with Crippen LogP contribution in [0.25, 0.3) is 0 Å². The first kappa shape index (κ1) is 17.5. The van der Waals surface area contributed by atoms with Gasteiger partial charge in [-0.2, -0.15) is 5.26 Å². The maximum Gasteiger partial charge on any atom is 0.118 e. The summed E-state index contributed by atoms with van der Waals surface area (Å²) < 4.78 is 11.1. The SMILES string of the molecule is COc1ccc(CN2C[C@@H](C#N)C[C@H]2COCc2ccccc2)cc1. The Hall–Kier alpha value is -2.35. The molecule has 0 bridgehead atoms. The van der Waals surface area contributed by atoms with Gasteiger partial charge in [-0.05, 0) is 29.7 Å². The zero-order chi connectivity index (χ0) is 17.5. The van der Waals surface area contributed by atoms with Crippen LogP contribution in [0.2, 0.25) is 0 Å². The molecule has 0 amide bonds. The molecule has 0 unspecified atom stereocenters. The molecule has 2 aromatic carbocycles. The topological polar surface area (TPSA) is 45.5 Å². The van der Waals surface area contributed by atoms with E-state index in [0.29, 0.717) is 13.2 Å². The Morgan fingerprint density at radius 2 is 1.84 bits per heavy atom. The second kappa shape index (κ2) is 8.66. The predicted molar refractivity (Wildman–Crippen MR) is 97.0 cm³/mol. The highest BCUT2D eigenvalue weighted by Gasteiger charge is 2.32. The zero-order valence-electron chi connectivity index (χ0n) is 14.6. The van der Waals surface area contributed by atoms with Crippen LogP contribution in [0.1, 0.15) is 17.5 Å². The number of methoxy groups -OCH3 is 1. The lowest BCUT2D eigenvalue weighted by molar-refractivity contribution is 0.0643. The van der Waals surface area contributed by atoms with Gasteiger partial charge in [-0.1, -0.05) is 42.5 Å². The summed E-state index contributed by atoms with van der Waals surface area (Å²) in [6.45, 7) is 2.91. The van der Waals surface area contributed by atoms with Gasteiger partial charge in [-0.3, -0.25) is 4.90 Å². The molecule has 4 heteroatoms. The molecule has 1 heterocycles. The summed E-state index contributed by atoms with van der Waals surface area (Å²) in [5.74, 6) is 0.950. The molecule has 25 heavy (non-hydrogen) atoms. The predicted octanol–water partition coefficient (Wildman–Crippen LogP) is 3.63. The van der Waals surface area contributed by atoms with Crippen molar-refractivity contribution in [2.75, 3.05) is 20.3 Å². The number of hydrogen-bond acceptors (Lipinski definition) is 4. The summed E-state index contributed by atoms with van der Waals surface area (Å²) in [5.41, 5.74) is 2.41. The molecule has 0 saturated carbocycles.